The van der Waals surface area contributed by atoms with Crippen molar-refractivity contribution >= 4 is 27.3 Å². The number of ether oxygens (including phenoxy) is 1. The summed E-state index contributed by atoms with van der Waals surface area (Å²) in [6.07, 6.45) is 1.54. The highest BCUT2D eigenvalue weighted by Crippen LogP contribution is 2.30. The van der Waals surface area contributed by atoms with Gasteiger partial charge in [0.1, 0.15) is 15.6 Å². The van der Waals surface area contributed by atoms with Gasteiger partial charge in [-0.3, -0.25) is 4.79 Å². The molecule has 0 aliphatic heterocycles. The van der Waals surface area contributed by atoms with Crippen molar-refractivity contribution in [2.24, 2.45) is 0 Å². The molecule has 1 amide bonds. The van der Waals surface area contributed by atoms with Crippen LogP contribution in [0.4, 0.5) is 0 Å². The van der Waals surface area contributed by atoms with Crippen LogP contribution >= 0.6 is 11.6 Å². The van der Waals surface area contributed by atoms with E-state index < -0.39 is 9.84 Å². The van der Waals surface area contributed by atoms with Crippen LogP contribution in [0.3, 0.4) is 0 Å². The number of carbonyl (C=O) groups is 1. The van der Waals surface area contributed by atoms with Crippen LogP contribution < -0.4 is 10.1 Å². The molecular weight excluding hydrogens is 362 g/mol. The second kappa shape index (κ2) is 8.87. The lowest BCUT2D eigenvalue weighted by molar-refractivity contribution is -0.123. The van der Waals surface area contributed by atoms with Crippen molar-refractivity contribution in [3.8, 4) is 16.9 Å². The molecule has 0 bridgehead atoms. The van der Waals surface area contributed by atoms with Gasteiger partial charge in [0.15, 0.2) is 6.61 Å². The Morgan fingerprint density at radius 1 is 1.12 bits per heavy atom. The normalized spacial score (nSPS) is 11.1. The number of benzene rings is 2. The lowest BCUT2D eigenvalue weighted by Crippen LogP contribution is -2.30. The Bertz CT molecular complexity index is 822. The fourth-order valence-corrected chi connectivity index (χ4v) is 3.09. The molecule has 7 heteroatoms. The SMILES string of the molecule is CS(=O)(=O)CCCNC(=O)COc1ccc(-c2ccccc2)cc1Cl. The maximum absolute atomic E-state index is 11.7. The van der Waals surface area contributed by atoms with Gasteiger partial charge in [-0.2, -0.15) is 0 Å². The standard InChI is InChI=1S/C18H20ClNO4S/c1-25(22,23)11-5-10-20-18(21)13-24-17-9-8-15(12-16(17)19)14-6-3-2-4-7-14/h2-4,6-9,12H,5,10-11,13H2,1H3,(H,20,21). The molecular formula is C18H20ClNO4S. The van der Waals surface area contributed by atoms with Crippen molar-refractivity contribution in [3.63, 3.8) is 0 Å². The molecule has 5 nitrogen and oxygen atoms in total. The topological polar surface area (TPSA) is 72.5 Å². The fourth-order valence-electron chi connectivity index (χ4n) is 2.18. The van der Waals surface area contributed by atoms with Crippen LogP contribution in [0, 0.1) is 0 Å². The van der Waals surface area contributed by atoms with E-state index in [1.54, 1.807) is 12.1 Å². The Balaban J connectivity index is 1.84. The summed E-state index contributed by atoms with van der Waals surface area (Å²) < 4.78 is 27.4. The highest BCUT2D eigenvalue weighted by atomic mass is 35.5. The van der Waals surface area contributed by atoms with Crippen molar-refractivity contribution < 1.29 is 17.9 Å². The molecule has 0 saturated carbocycles. The summed E-state index contributed by atoms with van der Waals surface area (Å²) in [6, 6.07) is 15.2. The van der Waals surface area contributed by atoms with Gasteiger partial charge in [-0.15, -0.1) is 0 Å². The molecule has 1 N–H and O–H groups in total. The monoisotopic (exact) mass is 381 g/mol. The second-order valence-corrected chi connectivity index (χ2v) is 8.30. The van der Waals surface area contributed by atoms with Gasteiger partial charge in [0, 0.05) is 12.8 Å². The minimum absolute atomic E-state index is 0.0426. The number of amides is 1. The Labute approximate surface area is 152 Å². The first-order chi connectivity index (χ1) is 11.8. The number of rotatable bonds is 8. The van der Waals surface area contributed by atoms with E-state index in [-0.39, 0.29) is 24.8 Å². The fraction of sp³-hybridized carbons (Fsp3) is 0.278. The number of nitrogens with one attached hydrogen (secondary N) is 1. The molecule has 134 valence electrons. The highest BCUT2D eigenvalue weighted by molar-refractivity contribution is 7.90. The number of sulfone groups is 1. The van der Waals surface area contributed by atoms with Crippen LogP contribution in [-0.2, 0) is 14.6 Å². The van der Waals surface area contributed by atoms with E-state index >= 15 is 0 Å². The van der Waals surface area contributed by atoms with E-state index in [2.05, 4.69) is 5.32 Å². The summed E-state index contributed by atoms with van der Waals surface area (Å²) in [5, 5.41) is 3.03. The molecule has 0 aliphatic carbocycles. The van der Waals surface area contributed by atoms with E-state index in [0.29, 0.717) is 17.2 Å². The second-order valence-electron chi connectivity index (χ2n) is 5.63. The maximum atomic E-state index is 11.7. The Kier molecular flexibility index (Phi) is 6.84. The molecule has 0 heterocycles. The zero-order valence-electron chi connectivity index (χ0n) is 13.9. The maximum Gasteiger partial charge on any atom is 0.257 e. The third-order valence-corrected chi connectivity index (χ3v) is 4.74. The van der Waals surface area contributed by atoms with E-state index in [1.165, 1.54) is 6.26 Å². The van der Waals surface area contributed by atoms with Crippen LogP contribution in [0.15, 0.2) is 48.5 Å². The minimum atomic E-state index is -3.01. The van der Waals surface area contributed by atoms with Gasteiger partial charge in [-0.1, -0.05) is 48.0 Å². The van der Waals surface area contributed by atoms with Crippen LogP contribution in [0.5, 0.6) is 5.75 Å². The Hall–Kier alpha value is -2.05. The van der Waals surface area contributed by atoms with E-state index in [4.69, 9.17) is 16.3 Å². The smallest absolute Gasteiger partial charge is 0.257 e. The molecule has 2 aromatic carbocycles. The lowest BCUT2D eigenvalue weighted by Gasteiger charge is -2.10. The van der Waals surface area contributed by atoms with Crippen molar-refractivity contribution in [1.29, 1.82) is 0 Å². The summed E-state index contributed by atoms with van der Waals surface area (Å²) in [5.74, 6) is 0.144. The predicted molar refractivity (Wildman–Crippen MR) is 99.7 cm³/mol. The van der Waals surface area contributed by atoms with Gasteiger partial charge in [0.25, 0.3) is 5.91 Å². The van der Waals surface area contributed by atoms with Crippen LogP contribution in [0.2, 0.25) is 5.02 Å². The summed E-state index contributed by atoms with van der Waals surface area (Å²) in [6.45, 7) is 0.110. The molecule has 0 aromatic heterocycles. The summed E-state index contributed by atoms with van der Waals surface area (Å²) >= 11 is 6.22. The molecule has 0 radical (unpaired) electrons. The summed E-state index contributed by atoms with van der Waals surface area (Å²) in [5.41, 5.74) is 2.00. The van der Waals surface area contributed by atoms with Gasteiger partial charge < -0.3 is 10.1 Å². The number of carbonyl (C=O) groups excluding carboxylic acids is 1. The molecule has 0 aliphatic rings. The van der Waals surface area contributed by atoms with Gasteiger partial charge in [-0.25, -0.2) is 8.42 Å². The Morgan fingerprint density at radius 2 is 1.84 bits per heavy atom. The zero-order valence-corrected chi connectivity index (χ0v) is 15.4. The van der Waals surface area contributed by atoms with Crippen molar-refractivity contribution in [3.05, 3.63) is 53.6 Å². The molecule has 0 spiro atoms. The highest BCUT2D eigenvalue weighted by Gasteiger charge is 2.08. The molecule has 0 fully saturated rings. The molecule has 2 aromatic rings. The van der Waals surface area contributed by atoms with Crippen LogP contribution in [-0.4, -0.2) is 39.5 Å². The molecule has 25 heavy (non-hydrogen) atoms. The first-order valence-corrected chi connectivity index (χ1v) is 10.2. The predicted octanol–water partition coefficient (Wildman–Crippen LogP) is 2.94. The van der Waals surface area contributed by atoms with Gasteiger partial charge in [0.2, 0.25) is 0 Å². The van der Waals surface area contributed by atoms with Crippen molar-refractivity contribution in [2.45, 2.75) is 6.42 Å². The molecule has 0 unspecified atom stereocenters. The third-order valence-electron chi connectivity index (χ3n) is 3.41. The van der Waals surface area contributed by atoms with Crippen molar-refractivity contribution in [1.82, 2.24) is 5.32 Å². The van der Waals surface area contributed by atoms with E-state index in [0.717, 1.165) is 11.1 Å². The van der Waals surface area contributed by atoms with Crippen LogP contribution in [0.25, 0.3) is 11.1 Å². The Morgan fingerprint density at radius 3 is 2.48 bits per heavy atom. The minimum Gasteiger partial charge on any atom is -0.482 e. The van der Waals surface area contributed by atoms with Crippen molar-refractivity contribution in [2.75, 3.05) is 25.2 Å². The summed E-state index contributed by atoms with van der Waals surface area (Å²) in [4.78, 5) is 11.7. The average Bonchev–Trinajstić information content (AvgIpc) is 2.57. The summed E-state index contributed by atoms with van der Waals surface area (Å²) in [7, 11) is -3.01. The first-order valence-electron chi connectivity index (χ1n) is 7.77. The van der Waals surface area contributed by atoms with Gasteiger partial charge in [0.05, 0.1) is 10.8 Å². The van der Waals surface area contributed by atoms with Gasteiger partial charge >= 0.3 is 0 Å². The average molecular weight is 382 g/mol. The first kappa shape index (κ1) is 19.3. The lowest BCUT2D eigenvalue weighted by atomic mass is 10.1. The zero-order chi connectivity index (χ0) is 18.3. The van der Waals surface area contributed by atoms with E-state index in [9.17, 15) is 13.2 Å². The molecule has 0 saturated heterocycles. The number of halogens is 1. The quantitative estimate of drug-likeness (QED) is 0.713. The molecule has 0 atom stereocenters. The third kappa shape index (κ3) is 6.76. The van der Waals surface area contributed by atoms with Gasteiger partial charge in [-0.05, 0) is 29.7 Å². The van der Waals surface area contributed by atoms with E-state index in [1.807, 2.05) is 36.4 Å². The van der Waals surface area contributed by atoms with Crippen LogP contribution in [0.1, 0.15) is 6.42 Å². The largest absolute Gasteiger partial charge is 0.482 e. The number of hydrogen-bond donors (Lipinski definition) is 1. The molecule has 2 rings (SSSR count). The number of hydrogen-bond acceptors (Lipinski definition) is 4.